The van der Waals surface area contributed by atoms with E-state index in [-0.39, 0.29) is 5.91 Å². The summed E-state index contributed by atoms with van der Waals surface area (Å²) in [5.41, 5.74) is 1.49. The van der Waals surface area contributed by atoms with E-state index in [0.29, 0.717) is 34.8 Å². The Kier molecular flexibility index (Phi) is 6.37. The molecule has 31 heavy (non-hydrogen) atoms. The van der Waals surface area contributed by atoms with Crippen LogP contribution in [0, 0.1) is 0 Å². The smallest absolute Gasteiger partial charge is 0.242 e. The Labute approximate surface area is 184 Å². The van der Waals surface area contributed by atoms with Gasteiger partial charge in [-0.1, -0.05) is 54.2 Å². The molecule has 4 rings (SSSR count). The van der Waals surface area contributed by atoms with E-state index in [0.717, 1.165) is 5.56 Å². The van der Waals surface area contributed by atoms with E-state index in [9.17, 15) is 4.79 Å². The standard InChI is InChI=1S/C23H22N4O3S/c1-3-29-18-13-8-7-12-17(18)24-22(28)20(16-10-5-4-6-11-16)31-23-26-25-21(27(23)2)19-14-9-15-30-19/h4-15,20H,3H2,1-2H3,(H,24,28)/t20-/m0/s1. The van der Waals surface area contributed by atoms with Crippen molar-refractivity contribution in [2.75, 3.05) is 11.9 Å². The van der Waals surface area contributed by atoms with Crippen molar-refractivity contribution in [2.24, 2.45) is 7.05 Å². The zero-order chi connectivity index (χ0) is 21.6. The van der Waals surface area contributed by atoms with Crippen molar-refractivity contribution in [3.05, 3.63) is 78.6 Å². The third-order valence-electron chi connectivity index (χ3n) is 4.58. The van der Waals surface area contributed by atoms with E-state index in [1.54, 1.807) is 12.3 Å². The van der Waals surface area contributed by atoms with E-state index in [1.807, 2.05) is 79.2 Å². The molecule has 0 saturated carbocycles. The largest absolute Gasteiger partial charge is 0.492 e. The van der Waals surface area contributed by atoms with Crippen LogP contribution in [0.2, 0.25) is 0 Å². The van der Waals surface area contributed by atoms with Gasteiger partial charge in [-0.3, -0.25) is 4.79 Å². The Morgan fingerprint density at radius 1 is 1.10 bits per heavy atom. The molecule has 0 fully saturated rings. The first kappa shape index (κ1) is 20.7. The van der Waals surface area contributed by atoms with E-state index in [1.165, 1.54) is 11.8 Å². The number of furan rings is 1. The molecule has 1 N–H and O–H groups in total. The number of amides is 1. The minimum absolute atomic E-state index is 0.175. The van der Waals surface area contributed by atoms with Crippen LogP contribution in [0.25, 0.3) is 11.6 Å². The summed E-state index contributed by atoms with van der Waals surface area (Å²) in [6, 6.07) is 20.6. The van der Waals surface area contributed by atoms with Gasteiger partial charge in [-0.25, -0.2) is 0 Å². The maximum Gasteiger partial charge on any atom is 0.242 e. The SMILES string of the molecule is CCOc1ccccc1NC(=O)[C@@H](Sc1nnc(-c2ccco2)n1C)c1ccccc1. The van der Waals surface area contributed by atoms with Gasteiger partial charge in [-0.2, -0.15) is 0 Å². The number of para-hydroxylation sites is 2. The molecule has 0 radical (unpaired) electrons. The molecule has 1 amide bonds. The number of carbonyl (C=O) groups excluding carboxylic acids is 1. The van der Waals surface area contributed by atoms with Crippen molar-refractivity contribution in [3.8, 4) is 17.3 Å². The fraction of sp³-hybridized carbons (Fsp3) is 0.174. The third kappa shape index (κ3) is 4.64. The van der Waals surface area contributed by atoms with Crippen LogP contribution in [0.15, 0.2) is 82.6 Å². The van der Waals surface area contributed by atoms with Gasteiger partial charge in [0, 0.05) is 7.05 Å². The van der Waals surface area contributed by atoms with E-state index in [2.05, 4.69) is 15.5 Å². The van der Waals surface area contributed by atoms with Gasteiger partial charge in [0.25, 0.3) is 0 Å². The highest BCUT2D eigenvalue weighted by Crippen LogP contribution is 2.37. The maximum atomic E-state index is 13.4. The molecule has 2 aromatic carbocycles. The number of hydrogen-bond acceptors (Lipinski definition) is 6. The van der Waals surface area contributed by atoms with Crippen molar-refractivity contribution < 1.29 is 13.9 Å². The van der Waals surface area contributed by atoms with Crippen molar-refractivity contribution in [1.29, 1.82) is 0 Å². The van der Waals surface area contributed by atoms with Crippen LogP contribution in [-0.4, -0.2) is 27.3 Å². The lowest BCUT2D eigenvalue weighted by atomic mass is 10.1. The summed E-state index contributed by atoms with van der Waals surface area (Å²) in [5.74, 6) is 1.68. The molecule has 0 spiro atoms. The minimum atomic E-state index is -0.539. The Hall–Kier alpha value is -3.52. The zero-order valence-electron chi connectivity index (χ0n) is 17.2. The number of nitrogens with zero attached hydrogens (tertiary/aromatic N) is 3. The van der Waals surface area contributed by atoms with Crippen LogP contribution in [0.5, 0.6) is 5.75 Å². The molecule has 0 aliphatic carbocycles. The highest BCUT2D eigenvalue weighted by molar-refractivity contribution is 8.00. The second-order valence-electron chi connectivity index (χ2n) is 6.67. The molecule has 4 aromatic rings. The Morgan fingerprint density at radius 3 is 2.61 bits per heavy atom. The van der Waals surface area contributed by atoms with E-state index in [4.69, 9.17) is 9.15 Å². The third-order valence-corrected chi connectivity index (χ3v) is 5.87. The molecule has 0 bridgehead atoms. The molecule has 0 unspecified atom stereocenters. The van der Waals surface area contributed by atoms with Crippen LogP contribution in [-0.2, 0) is 11.8 Å². The number of anilines is 1. The summed E-state index contributed by atoms with van der Waals surface area (Å²) in [4.78, 5) is 13.4. The molecule has 0 saturated heterocycles. The zero-order valence-corrected chi connectivity index (χ0v) is 18.0. The lowest BCUT2D eigenvalue weighted by molar-refractivity contribution is -0.115. The molecular weight excluding hydrogens is 412 g/mol. The van der Waals surface area contributed by atoms with Gasteiger partial charge in [0.15, 0.2) is 16.7 Å². The Balaban J connectivity index is 1.63. The van der Waals surface area contributed by atoms with Gasteiger partial charge in [0.2, 0.25) is 5.91 Å². The molecule has 2 aromatic heterocycles. The van der Waals surface area contributed by atoms with Gasteiger partial charge in [0.05, 0.1) is 18.6 Å². The van der Waals surface area contributed by atoms with Crippen LogP contribution in [0.4, 0.5) is 5.69 Å². The topological polar surface area (TPSA) is 82.2 Å². The average Bonchev–Trinajstić information content (AvgIpc) is 3.44. The van der Waals surface area contributed by atoms with Gasteiger partial charge in [-0.15, -0.1) is 10.2 Å². The van der Waals surface area contributed by atoms with Crippen LogP contribution in [0.3, 0.4) is 0 Å². The quantitative estimate of drug-likeness (QED) is 0.395. The fourth-order valence-corrected chi connectivity index (χ4v) is 4.10. The predicted molar refractivity (Wildman–Crippen MR) is 120 cm³/mol. The molecule has 2 heterocycles. The van der Waals surface area contributed by atoms with Crippen molar-refractivity contribution in [2.45, 2.75) is 17.3 Å². The van der Waals surface area contributed by atoms with Crippen molar-refractivity contribution in [3.63, 3.8) is 0 Å². The highest BCUT2D eigenvalue weighted by Gasteiger charge is 2.26. The maximum absolute atomic E-state index is 13.4. The molecule has 0 aliphatic heterocycles. The van der Waals surface area contributed by atoms with Crippen molar-refractivity contribution in [1.82, 2.24) is 14.8 Å². The molecule has 0 aliphatic rings. The summed E-state index contributed by atoms with van der Waals surface area (Å²) in [5, 5.41) is 11.6. The Bertz CT molecular complexity index is 1140. The first-order chi connectivity index (χ1) is 15.2. The van der Waals surface area contributed by atoms with Crippen molar-refractivity contribution >= 4 is 23.4 Å². The number of hydrogen-bond donors (Lipinski definition) is 1. The predicted octanol–water partition coefficient (Wildman–Crippen LogP) is 4.95. The number of rotatable bonds is 8. The summed E-state index contributed by atoms with van der Waals surface area (Å²) in [6.45, 7) is 2.42. The Morgan fingerprint density at radius 2 is 1.87 bits per heavy atom. The number of ether oxygens (including phenoxy) is 1. The van der Waals surface area contributed by atoms with Gasteiger partial charge >= 0.3 is 0 Å². The average molecular weight is 435 g/mol. The molecule has 8 heteroatoms. The number of nitrogens with one attached hydrogen (secondary N) is 1. The molecule has 158 valence electrons. The monoisotopic (exact) mass is 434 g/mol. The van der Waals surface area contributed by atoms with Gasteiger partial charge in [0.1, 0.15) is 11.0 Å². The van der Waals surface area contributed by atoms with Crippen LogP contribution < -0.4 is 10.1 Å². The number of thioether (sulfide) groups is 1. The fourth-order valence-electron chi connectivity index (χ4n) is 3.09. The van der Waals surface area contributed by atoms with Crippen LogP contribution in [0.1, 0.15) is 17.7 Å². The second-order valence-corrected chi connectivity index (χ2v) is 7.74. The number of aromatic nitrogens is 3. The normalized spacial score (nSPS) is 11.8. The lowest BCUT2D eigenvalue weighted by Crippen LogP contribution is -2.20. The number of benzene rings is 2. The first-order valence-corrected chi connectivity index (χ1v) is 10.7. The van der Waals surface area contributed by atoms with Crippen LogP contribution >= 0.6 is 11.8 Å². The second kappa shape index (κ2) is 9.53. The van der Waals surface area contributed by atoms with E-state index >= 15 is 0 Å². The van der Waals surface area contributed by atoms with Gasteiger partial charge < -0.3 is 19.0 Å². The molecular formula is C23H22N4O3S. The first-order valence-electron chi connectivity index (χ1n) is 9.85. The summed E-state index contributed by atoms with van der Waals surface area (Å²) in [7, 11) is 1.85. The highest BCUT2D eigenvalue weighted by atomic mass is 32.2. The van der Waals surface area contributed by atoms with Gasteiger partial charge in [-0.05, 0) is 36.8 Å². The summed E-state index contributed by atoms with van der Waals surface area (Å²) < 4.78 is 12.9. The molecule has 1 atom stereocenters. The minimum Gasteiger partial charge on any atom is -0.492 e. The lowest BCUT2D eigenvalue weighted by Gasteiger charge is -2.18. The number of carbonyl (C=O) groups is 1. The summed E-state index contributed by atoms with van der Waals surface area (Å²) in [6.07, 6.45) is 1.59. The van der Waals surface area contributed by atoms with E-state index < -0.39 is 5.25 Å². The summed E-state index contributed by atoms with van der Waals surface area (Å²) >= 11 is 1.33. The molecule has 7 nitrogen and oxygen atoms in total.